The lowest BCUT2D eigenvalue weighted by Crippen LogP contribution is -2.12. The van der Waals surface area contributed by atoms with Crippen LogP contribution in [-0.4, -0.2) is 6.10 Å². The van der Waals surface area contributed by atoms with Gasteiger partial charge in [-0.15, -0.1) is 0 Å². The third-order valence-corrected chi connectivity index (χ3v) is 3.84. The van der Waals surface area contributed by atoms with Gasteiger partial charge in [-0.3, -0.25) is 0 Å². The van der Waals surface area contributed by atoms with Crippen molar-refractivity contribution in [2.45, 2.75) is 44.6 Å². The Morgan fingerprint density at radius 1 is 1.00 bits per heavy atom. The van der Waals surface area contributed by atoms with Crippen LogP contribution in [0.15, 0.2) is 18.2 Å². The summed E-state index contributed by atoms with van der Waals surface area (Å²) in [6, 6.07) is 3.14. The Bertz CT molecular complexity index is 486. The van der Waals surface area contributed by atoms with E-state index in [0.717, 1.165) is 38.5 Å². The zero-order valence-corrected chi connectivity index (χ0v) is 10.9. The summed E-state index contributed by atoms with van der Waals surface area (Å²) in [5, 5.41) is 0. The number of rotatable bonds is 4. The topological polar surface area (TPSA) is 9.23 Å². The van der Waals surface area contributed by atoms with Crippen LogP contribution in [0.4, 0.5) is 8.78 Å². The molecule has 2 saturated carbocycles. The maximum absolute atomic E-state index is 13.9. The average Bonchev–Trinajstić information content (AvgIpc) is 3.10. The van der Waals surface area contributed by atoms with Crippen molar-refractivity contribution >= 4 is 6.08 Å². The molecule has 0 heterocycles. The number of halogens is 2. The van der Waals surface area contributed by atoms with Crippen LogP contribution in [0.2, 0.25) is 0 Å². The van der Waals surface area contributed by atoms with Gasteiger partial charge >= 0.3 is 0 Å². The molecule has 102 valence electrons. The van der Waals surface area contributed by atoms with E-state index in [1.54, 1.807) is 18.2 Å². The zero-order chi connectivity index (χ0) is 13.2. The maximum atomic E-state index is 13.9. The summed E-state index contributed by atoms with van der Waals surface area (Å²) in [7, 11) is 0. The summed E-state index contributed by atoms with van der Waals surface area (Å²) >= 11 is 0. The van der Waals surface area contributed by atoms with Crippen molar-refractivity contribution in [1.29, 1.82) is 0 Å². The number of hydrogen-bond acceptors (Lipinski definition) is 1. The second kappa shape index (κ2) is 5.32. The SMILES string of the molecule is Fc1c(/C=C/C2CC2)ccc(OC2CCCC2)c1F. The van der Waals surface area contributed by atoms with E-state index >= 15 is 0 Å². The minimum atomic E-state index is -0.857. The van der Waals surface area contributed by atoms with Gasteiger partial charge in [-0.1, -0.05) is 12.2 Å². The summed E-state index contributed by atoms with van der Waals surface area (Å²) in [5.74, 6) is -1.05. The van der Waals surface area contributed by atoms with Crippen LogP contribution in [0.1, 0.15) is 44.1 Å². The Kier molecular flexibility index (Phi) is 3.54. The summed E-state index contributed by atoms with van der Waals surface area (Å²) in [4.78, 5) is 0. The molecule has 0 spiro atoms. The molecule has 0 N–H and O–H groups in total. The molecule has 1 aromatic carbocycles. The van der Waals surface area contributed by atoms with Gasteiger partial charge in [0.25, 0.3) is 0 Å². The third kappa shape index (κ3) is 2.96. The second-order valence-electron chi connectivity index (χ2n) is 5.50. The normalized spacial score (nSPS) is 20.3. The van der Waals surface area contributed by atoms with Crippen LogP contribution in [0, 0.1) is 17.6 Å². The van der Waals surface area contributed by atoms with Crippen molar-refractivity contribution in [2.24, 2.45) is 5.92 Å². The van der Waals surface area contributed by atoms with E-state index in [1.165, 1.54) is 0 Å². The van der Waals surface area contributed by atoms with Crippen molar-refractivity contribution in [1.82, 2.24) is 0 Å². The lowest BCUT2D eigenvalue weighted by atomic mass is 10.1. The summed E-state index contributed by atoms with van der Waals surface area (Å²) in [6.07, 6.45) is 10.1. The molecule has 3 rings (SSSR count). The highest BCUT2D eigenvalue weighted by atomic mass is 19.2. The maximum Gasteiger partial charge on any atom is 0.201 e. The first-order valence-corrected chi connectivity index (χ1v) is 7.07. The summed E-state index contributed by atoms with van der Waals surface area (Å²) in [5.41, 5.74) is 0.308. The zero-order valence-electron chi connectivity index (χ0n) is 10.9. The Hall–Kier alpha value is -1.38. The minimum Gasteiger partial charge on any atom is -0.487 e. The molecule has 2 fully saturated rings. The highest BCUT2D eigenvalue weighted by Gasteiger charge is 2.21. The molecule has 1 nitrogen and oxygen atoms in total. The van der Waals surface area contributed by atoms with Crippen LogP contribution in [0.5, 0.6) is 5.75 Å². The largest absolute Gasteiger partial charge is 0.487 e. The lowest BCUT2D eigenvalue weighted by molar-refractivity contribution is 0.198. The van der Waals surface area contributed by atoms with Crippen molar-refractivity contribution in [3.8, 4) is 5.75 Å². The van der Waals surface area contributed by atoms with Gasteiger partial charge in [0.05, 0.1) is 6.10 Å². The first-order valence-electron chi connectivity index (χ1n) is 7.07. The van der Waals surface area contributed by atoms with E-state index in [4.69, 9.17) is 4.74 Å². The second-order valence-corrected chi connectivity index (χ2v) is 5.50. The van der Waals surface area contributed by atoms with Crippen molar-refractivity contribution in [2.75, 3.05) is 0 Å². The van der Waals surface area contributed by atoms with E-state index in [9.17, 15) is 8.78 Å². The molecule has 0 unspecified atom stereocenters. The summed E-state index contributed by atoms with van der Waals surface area (Å²) < 4.78 is 33.4. The van der Waals surface area contributed by atoms with Gasteiger partial charge in [-0.05, 0) is 56.6 Å². The molecular formula is C16H18F2O. The van der Waals surface area contributed by atoms with Gasteiger partial charge < -0.3 is 4.74 Å². The number of hydrogen-bond donors (Lipinski definition) is 0. The predicted molar refractivity (Wildman–Crippen MR) is 71.0 cm³/mol. The first kappa shape index (κ1) is 12.6. The number of ether oxygens (including phenoxy) is 1. The molecule has 2 aliphatic rings. The van der Waals surface area contributed by atoms with Gasteiger partial charge in [0.2, 0.25) is 5.82 Å². The molecule has 1 aromatic rings. The molecule has 0 saturated heterocycles. The molecule has 0 aromatic heterocycles. The van der Waals surface area contributed by atoms with Gasteiger partial charge in [-0.2, -0.15) is 4.39 Å². The third-order valence-electron chi connectivity index (χ3n) is 3.84. The Balaban J connectivity index is 1.76. The fourth-order valence-corrected chi connectivity index (χ4v) is 2.48. The van der Waals surface area contributed by atoms with Gasteiger partial charge in [0, 0.05) is 5.56 Å². The van der Waals surface area contributed by atoms with E-state index in [2.05, 4.69) is 0 Å². The van der Waals surface area contributed by atoms with Gasteiger partial charge in [-0.25, -0.2) is 4.39 Å². The standard InChI is InChI=1S/C16H18F2O/c17-15-12(8-7-11-5-6-11)9-10-14(16(15)18)19-13-3-1-2-4-13/h7-11,13H,1-6H2/b8-7+. The number of benzene rings is 1. The Labute approximate surface area is 112 Å². The molecule has 19 heavy (non-hydrogen) atoms. The highest BCUT2D eigenvalue weighted by Crippen LogP contribution is 2.32. The van der Waals surface area contributed by atoms with E-state index in [-0.39, 0.29) is 11.9 Å². The molecule has 0 amide bonds. The minimum absolute atomic E-state index is 0.0433. The average molecular weight is 264 g/mol. The van der Waals surface area contributed by atoms with E-state index < -0.39 is 11.6 Å². The quantitative estimate of drug-likeness (QED) is 0.765. The van der Waals surface area contributed by atoms with Crippen LogP contribution in [0.3, 0.4) is 0 Å². The van der Waals surface area contributed by atoms with E-state index in [1.807, 2.05) is 6.08 Å². The molecule has 2 aliphatic carbocycles. The highest BCUT2D eigenvalue weighted by molar-refractivity contribution is 5.52. The predicted octanol–water partition coefficient (Wildman–Crippen LogP) is 4.71. The van der Waals surface area contributed by atoms with Gasteiger partial charge in [0.1, 0.15) is 0 Å². The van der Waals surface area contributed by atoms with Crippen molar-refractivity contribution in [3.63, 3.8) is 0 Å². The van der Waals surface area contributed by atoms with Crippen LogP contribution in [-0.2, 0) is 0 Å². The number of allylic oxidation sites excluding steroid dienone is 1. The fraction of sp³-hybridized carbons (Fsp3) is 0.500. The molecular weight excluding hydrogens is 246 g/mol. The van der Waals surface area contributed by atoms with E-state index in [0.29, 0.717) is 11.5 Å². The van der Waals surface area contributed by atoms with Crippen LogP contribution >= 0.6 is 0 Å². The smallest absolute Gasteiger partial charge is 0.201 e. The molecule has 0 bridgehead atoms. The van der Waals surface area contributed by atoms with Gasteiger partial charge in [0.15, 0.2) is 11.6 Å². The molecule has 0 radical (unpaired) electrons. The lowest BCUT2D eigenvalue weighted by Gasteiger charge is -2.14. The van der Waals surface area contributed by atoms with Crippen molar-refractivity contribution in [3.05, 3.63) is 35.4 Å². The molecule has 0 aliphatic heterocycles. The fourth-order valence-electron chi connectivity index (χ4n) is 2.48. The van der Waals surface area contributed by atoms with Crippen LogP contribution in [0.25, 0.3) is 6.08 Å². The summed E-state index contributed by atoms with van der Waals surface area (Å²) in [6.45, 7) is 0. The Morgan fingerprint density at radius 2 is 1.74 bits per heavy atom. The van der Waals surface area contributed by atoms with Crippen LogP contribution < -0.4 is 4.74 Å². The molecule has 3 heteroatoms. The van der Waals surface area contributed by atoms with Crippen molar-refractivity contribution < 1.29 is 13.5 Å². The first-order chi connectivity index (χ1) is 9.24. The Morgan fingerprint density at radius 3 is 2.42 bits per heavy atom. The molecule has 0 atom stereocenters. The monoisotopic (exact) mass is 264 g/mol.